The number of rotatable bonds is 7. The van der Waals surface area contributed by atoms with Crippen molar-refractivity contribution in [2.24, 2.45) is 0 Å². The zero-order valence-corrected chi connectivity index (χ0v) is 16.0. The fourth-order valence-electron chi connectivity index (χ4n) is 2.88. The Balaban J connectivity index is 1.57. The molecule has 0 bridgehead atoms. The third-order valence-corrected chi connectivity index (χ3v) is 4.77. The van der Waals surface area contributed by atoms with Gasteiger partial charge in [0.05, 0.1) is 6.04 Å². The van der Waals surface area contributed by atoms with Crippen molar-refractivity contribution >= 4 is 11.7 Å². The Kier molecular flexibility index (Phi) is 6.22. The number of ketones is 1. The summed E-state index contributed by atoms with van der Waals surface area (Å²) in [4.78, 5) is 26.5. The molecule has 3 aromatic rings. The third-order valence-electron chi connectivity index (χ3n) is 4.77. The highest BCUT2D eigenvalue weighted by Gasteiger charge is 2.17. The molecule has 0 N–H and O–H groups in total. The Hall–Kier alpha value is -3.40. The van der Waals surface area contributed by atoms with Crippen LogP contribution in [-0.4, -0.2) is 30.2 Å². The molecule has 0 saturated carbocycles. The predicted octanol–water partition coefficient (Wildman–Crippen LogP) is 4.52. The second-order valence-electron chi connectivity index (χ2n) is 6.60. The second-order valence-corrected chi connectivity index (χ2v) is 6.60. The molecular formula is C24H23NO3. The Morgan fingerprint density at radius 1 is 0.821 bits per heavy atom. The van der Waals surface area contributed by atoms with Crippen molar-refractivity contribution in [2.75, 3.05) is 13.7 Å². The number of hydrogen-bond acceptors (Lipinski definition) is 3. The molecule has 1 unspecified atom stereocenters. The molecule has 0 heterocycles. The van der Waals surface area contributed by atoms with E-state index >= 15 is 0 Å². The summed E-state index contributed by atoms with van der Waals surface area (Å²) in [6.07, 6.45) is 0. The second kappa shape index (κ2) is 9.00. The molecule has 0 spiro atoms. The van der Waals surface area contributed by atoms with Gasteiger partial charge in [0.15, 0.2) is 12.4 Å². The molecule has 0 radical (unpaired) electrons. The van der Waals surface area contributed by atoms with Crippen molar-refractivity contribution in [3.63, 3.8) is 0 Å². The number of carbonyl (C=O) groups excluding carboxylic acids is 2. The first kappa shape index (κ1) is 19.4. The topological polar surface area (TPSA) is 46.6 Å². The lowest BCUT2D eigenvalue weighted by Crippen LogP contribution is -2.33. The van der Waals surface area contributed by atoms with Crippen LogP contribution < -0.4 is 4.74 Å². The normalized spacial score (nSPS) is 11.5. The van der Waals surface area contributed by atoms with E-state index in [0.717, 1.165) is 5.56 Å². The summed E-state index contributed by atoms with van der Waals surface area (Å²) in [7, 11) is 1.77. The molecule has 4 heteroatoms. The minimum atomic E-state index is -0.110. The maximum absolute atomic E-state index is 12.4. The van der Waals surface area contributed by atoms with Crippen LogP contribution in [0.2, 0.25) is 0 Å². The molecule has 142 valence electrons. The van der Waals surface area contributed by atoms with E-state index in [1.165, 1.54) is 0 Å². The standard InChI is InChI=1S/C24H23NO3/c1-18(19-9-5-3-6-10-19)25(2)23(26)17-28-22-15-13-21(14-16-22)24(27)20-11-7-4-8-12-20/h3-16,18H,17H2,1-2H3. The first-order valence-corrected chi connectivity index (χ1v) is 9.19. The van der Waals surface area contributed by atoms with Gasteiger partial charge in [-0.1, -0.05) is 60.7 Å². The summed E-state index contributed by atoms with van der Waals surface area (Å²) in [5, 5.41) is 0. The van der Waals surface area contributed by atoms with Crippen LogP contribution in [0.25, 0.3) is 0 Å². The predicted molar refractivity (Wildman–Crippen MR) is 109 cm³/mol. The van der Waals surface area contributed by atoms with Gasteiger partial charge in [-0.3, -0.25) is 9.59 Å². The average Bonchev–Trinajstić information content (AvgIpc) is 2.77. The van der Waals surface area contributed by atoms with Crippen LogP contribution >= 0.6 is 0 Å². The highest BCUT2D eigenvalue weighted by molar-refractivity contribution is 6.08. The van der Waals surface area contributed by atoms with Gasteiger partial charge in [0.2, 0.25) is 0 Å². The number of hydrogen-bond donors (Lipinski definition) is 0. The number of likely N-dealkylation sites (N-methyl/N-ethyl adjacent to an activating group) is 1. The molecule has 1 atom stereocenters. The van der Waals surface area contributed by atoms with Crippen LogP contribution in [0, 0.1) is 0 Å². The van der Waals surface area contributed by atoms with E-state index in [0.29, 0.717) is 16.9 Å². The van der Waals surface area contributed by atoms with Crippen molar-refractivity contribution in [2.45, 2.75) is 13.0 Å². The fourth-order valence-corrected chi connectivity index (χ4v) is 2.88. The number of nitrogens with zero attached hydrogens (tertiary/aromatic N) is 1. The average molecular weight is 373 g/mol. The molecule has 28 heavy (non-hydrogen) atoms. The van der Waals surface area contributed by atoms with Gasteiger partial charge in [0, 0.05) is 18.2 Å². The summed E-state index contributed by atoms with van der Waals surface area (Å²) in [6, 6.07) is 25.8. The minimum absolute atomic E-state index is 0.0387. The zero-order valence-electron chi connectivity index (χ0n) is 16.0. The van der Waals surface area contributed by atoms with Crippen LogP contribution in [0.1, 0.15) is 34.5 Å². The maximum atomic E-state index is 12.4. The van der Waals surface area contributed by atoms with E-state index in [1.54, 1.807) is 48.3 Å². The van der Waals surface area contributed by atoms with E-state index in [4.69, 9.17) is 4.74 Å². The van der Waals surface area contributed by atoms with Crippen molar-refractivity contribution in [3.8, 4) is 5.75 Å². The molecule has 3 aromatic carbocycles. The van der Waals surface area contributed by atoms with E-state index in [9.17, 15) is 9.59 Å². The molecule has 0 fully saturated rings. The lowest BCUT2D eigenvalue weighted by Gasteiger charge is -2.25. The van der Waals surface area contributed by atoms with Crippen LogP contribution in [0.4, 0.5) is 0 Å². The van der Waals surface area contributed by atoms with Crippen molar-refractivity contribution in [1.82, 2.24) is 4.90 Å². The molecule has 3 rings (SSSR count). The number of benzene rings is 3. The maximum Gasteiger partial charge on any atom is 0.260 e. The molecule has 0 aliphatic heterocycles. The van der Waals surface area contributed by atoms with E-state index in [2.05, 4.69) is 0 Å². The monoisotopic (exact) mass is 373 g/mol. The lowest BCUT2D eigenvalue weighted by molar-refractivity contribution is -0.134. The summed E-state index contributed by atoms with van der Waals surface area (Å²) in [5.41, 5.74) is 2.30. The van der Waals surface area contributed by atoms with Gasteiger partial charge in [-0.05, 0) is 36.8 Å². The zero-order chi connectivity index (χ0) is 19.9. The van der Waals surface area contributed by atoms with E-state index in [1.807, 2.05) is 55.5 Å². The molecule has 4 nitrogen and oxygen atoms in total. The smallest absolute Gasteiger partial charge is 0.260 e. The van der Waals surface area contributed by atoms with Gasteiger partial charge in [0.25, 0.3) is 5.91 Å². The van der Waals surface area contributed by atoms with E-state index in [-0.39, 0.29) is 24.3 Å². The van der Waals surface area contributed by atoms with Gasteiger partial charge in [-0.15, -0.1) is 0 Å². The minimum Gasteiger partial charge on any atom is -0.484 e. The lowest BCUT2D eigenvalue weighted by atomic mass is 10.0. The summed E-state index contributed by atoms with van der Waals surface area (Å²) in [6.45, 7) is 1.93. The third kappa shape index (κ3) is 4.65. The molecule has 0 aromatic heterocycles. The van der Waals surface area contributed by atoms with Crippen LogP contribution in [-0.2, 0) is 4.79 Å². The summed E-state index contributed by atoms with van der Waals surface area (Å²) >= 11 is 0. The molecule has 0 aliphatic rings. The van der Waals surface area contributed by atoms with Gasteiger partial charge >= 0.3 is 0 Å². The van der Waals surface area contributed by atoms with E-state index < -0.39 is 0 Å². The van der Waals surface area contributed by atoms with Crippen LogP contribution in [0.15, 0.2) is 84.9 Å². The Bertz CT molecular complexity index is 921. The molecular weight excluding hydrogens is 350 g/mol. The van der Waals surface area contributed by atoms with Crippen LogP contribution in [0.5, 0.6) is 5.75 Å². The summed E-state index contributed by atoms with van der Waals surface area (Å²) < 4.78 is 5.61. The molecule has 1 amide bonds. The SMILES string of the molecule is CC(c1ccccc1)N(C)C(=O)COc1ccc(C(=O)c2ccccc2)cc1. The Labute approximate surface area is 165 Å². The number of carbonyl (C=O) groups is 2. The number of ether oxygens (including phenoxy) is 1. The van der Waals surface area contributed by atoms with Crippen LogP contribution in [0.3, 0.4) is 0 Å². The molecule has 0 aliphatic carbocycles. The quantitative estimate of drug-likeness (QED) is 0.572. The number of amides is 1. The first-order chi connectivity index (χ1) is 13.6. The first-order valence-electron chi connectivity index (χ1n) is 9.19. The van der Waals surface area contributed by atoms with Gasteiger partial charge < -0.3 is 9.64 Å². The Morgan fingerprint density at radius 3 is 1.96 bits per heavy atom. The van der Waals surface area contributed by atoms with Gasteiger partial charge in [-0.25, -0.2) is 0 Å². The van der Waals surface area contributed by atoms with Crippen molar-refractivity contribution in [3.05, 3.63) is 102 Å². The Morgan fingerprint density at radius 2 is 1.36 bits per heavy atom. The highest BCUT2D eigenvalue weighted by atomic mass is 16.5. The van der Waals surface area contributed by atoms with Gasteiger partial charge in [-0.2, -0.15) is 0 Å². The van der Waals surface area contributed by atoms with Gasteiger partial charge in [0.1, 0.15) is 5.75 Å². The molecule has 0 saturated heterocycles. The largest absolute Gasteiger partial charge is 0.484 e. The van der Waals surface area contributed by atoms with Crippen molar-refractivity contribution < 1.29 is 14.3 Å². The summed E-state index contributed by atoms with van der Waals surface area (Å²) in [5.74, 6) is 0.402. The fraction of sp³-hybridized carbons (Fsp3) is 0.167. The van der Waals surface area contributed by atoms with Crippen molar-refractivity contribution in [1.29, 1.82) is 0 Å². The highest BCUT2D eigenvalue weighted by Crippen LogP contribution is 2.19.